The number of Topliss-reactive ketones (excluding diaryl/α,β-unsaturated/α-hetero) is 1. The SMILES string of the molecule is CC(C)(C)OC(=O)N[C@@H]1CCCCC/C=C\[C@@H]2C[C@]2(C(=O)O)CC(=O)[C@@H]2C[C@H](N3NNC(CC4CCC(C5CCCCC5)CC4)N3)CN2C1=O. The van der Waals surface area contributed by atoms with Crippen LogP contribution in [0.1, 0.15) is 136 Å². The van der Waals surface area contributed by atoms with E-state index in [4.69, 9.17) is 4.74 Å². The summed E-state index contributed by atoms with van der Waals surface area (Å²) in [5.41, 5.74) is 8.40. The molecule has 3 aliphatic carbocycles. The number of carboxylic acid groups (broad SMARTS) is 1. The van der Waals surface area contributed by atoms with E-state index in [2.05, 4.69) is 21.7 Å². The Hall–Kier alpha value is -2.54. The van der Waals surface area contributed by atoms with E-state index in [0.29, 0.717) is 25.2 Å². The van der Waals surface area contributed by atoms with Crippen LogP contribution in [0.5, 0.6) is 0 Å². The summed E-state index contributed by atoms with van der Waals surface area (Å²) in [4.78, 5) is 55.5. The lowest BCUT2D eigenvalue weighted by molar-refractivity contribution is -0.147. The van der Waals surface area contributed by atoms with E-state index in [1.165, 1.54) is 57.8 Å². The van der Waals surface area contributed by atoms with Crippen LogP contribution in [-0.2, 0) is 19.1 Å². The normalized spacial score (nSPS) is 37.3. The predicted molar refractivity (Wildman–Crippen MR) is 189 cm³/mol. The summed E-state index contributed by atoms with van der Waals surface area (Å²) >= 11 is 0. The molecule has 280 valence electrons. The number of allylic oxidation sites excluding steroid dienone is 2. The van der Waals surface area contributed by atoms with Crippen molar-refractivity contribution < 1.29 is 29.0 Å². The van der Waals surface area contributed by atoms with E-state index in [9.17, 15) is 24.3 Å². The van der Waals surface area contributed by atoms with Gasteiger partial charge in [-0.15, -0.1) is 0 Å². The van der Waals surface area contributed by atoms with Gasteiger partial charge in [-0.25, -0.2) is 15.6 Å². The zero-order valence-electron chi connectivity index (χ0n) is 30.6. The first kappa shape index (κ1) is 37.2. The Morgan fingerprint density at radius 3 is 2.40 bits per heavy atom. The van der Waals surface area contributed by atoms with Gasteiger partial charge in [-0.2, -0.15) is 10.7 Å². The largest absolute Gasteiger partial charge is 0.481 e. The van der Waals surface area contributed by atoms with Gasteiger partial charge < -0.3 is 20.1 Å². The first-order valence-electron chi connectivity index (χ1n) is 19.7. The molecule has 0 radical (unpaired) electrons. The van der Waals surface area contributed by atoms with Crippen molar-refractivity contribution in [2.24, 2.45) is 29.1 Å². The second-order valence-electron chi connectivity index (χ2n) is 17.3. The summed E-state index contributed by atoms with van der Waals surface area (Å²) in [6.07, 6.45) is 21.0. The van der Waals surface area contributed by atoms with Crippen LogP contribution >= 0.6 is 0 Å². The molecule has 0 bridgehead atoms. The summed E-state index contributed by atoms with van der Waals surface area (Å²) in [6, 6.07) is -1.88. The fourth-order valence-corrected chi connectivity index (χ4v) is 9.57. The Kier molecular flexibility index (Phi) is 11.9. The molecule has 12 heteroatoms. The minimum Gasteiger partial charge on any atom is -0.481 e. The lowest BCUT2D eigenvalue weighted by atomic mass is 9.70. The molecular formula is C38H62N6O6. The maximum atomic E-state index is 14.3. The fraction of sp³-hybridized carbons (Fsp3) is 0.842. The Labute approximate surface area is 298 Å². The molecule has 6 rings (SSSR count). The molecule has 3 saturated carbocycles. The fourth-order valence-electron chi connectivity index (χ4n) is 9.57. The maximum Gasteiger partial charge on any atom is 0.408 e. The first-order valence-corrected chi connectivity index (χ1v) is 19.7. The average molecular weight is 699 g/mol. The molecule has 50 heavy (non-hydrogen) atoms. The molecule has 0 aromatic heterocycles. The van der Waals surface area contributed by atoms with Crippen LogP contribution in [0.15, 0.2) is 12.2 Å². The molecule has 0 aromatic carbocycles. The number of nitrogens with zero attached hydrogens (tertiary/aromatic N) is 2. The van der Waals surface area contributed by atoms with Gasteiger partial charge in [0, 0.05) is 13.0 Å². The average Bonchev–Trinajstić information content (AvgIpc) is 3.36. The molecule has 2 saturated heterocycles. The number of carbonyl (C=O) groups is 4. The minimum atomic E-state index is -1.12. The Morgan fingerprint density at radius 2 is 1.68 bits per heavy atom. The van der Waals surface area contributed by atoms with Crippen molar-refractivity contribution in [2.75, 3.05) is 6.54 Å². The number of amides is 2. The van der Waals surface area contributed by atoms with Crippen molar-refractivity contribution in [3.05, 3.63) is 12.2 Å². The molecule has 3 aliphatic heterocycles. The van der Waals surface area contributed by atoms with E-state index in [0.717, 1.165) is 43.9 Å². The van der Waals surface area contributed by atoms with Gasteiger partial charge in [-0.3, -0.25) is 14.4 Å². The summed E-state index contributed by atoms with van der Waals surface area (Å²) in [5, 5.41) is 15.0. The lowest BCUT2D eigenvalue weighted by Gasteiger charge is -2.36. The van der Waals surface area contributed by atoms with Gasteiger partial charge in [0.2, 0.25) is 5.91 Å². The number of alkyl carbamates (subject to hydrolysis) is 1. The Morgan fingerprint density at radius 1 is 0.980 bits per heavy atom. The number of nitrogens with one attached hydrogen (secondary N) is 4. The van der Waals surface area contributed by atoms with Gasteiger partial charge >= 0.3 is 12.1 Å². The second kappa shape index (κ2) is 16.0. The standard InChI is InChI=1S/C38H62N6O6/c1-37(2,3)50-36(49)39-30-15-11-6-4-5-10-14-28-22-38(28,35(47)48)23-32(45)31-21-29(24-43(31)34(30)46)44-41-33(40-42-44)20-25-16-18-27(19-17-25)26-12-8-7-9-13-26/h10,14,25-31,33,40-42H,4-9,11-13,15-24H2,1-3H3,(H,39,49)(H,47,48)/b14-10-/t25?,27?,28-,29+,30-,31+,33?,38+/m1/s1. The van der Waals surface area contributed by atoms with Crippen molar-refractivity contribution >= 4 is 23.8 Å². The zero-order valence-corrected chi connectivity index (χ0v) is 30.6. The molecule has 2 amide bonds. The predicted octanol–water partition coefficient (Wildman–Crippen LogP) is 5.35. The number of hydrazine groups is 3. The summed E-state index contributed by atoms with van der Waals surface area (Å²) < 4.78 is 5.52. The highest BCUT2D eigenvalue weighted by Gasteiger charge is 2.61. The highest BCUT2D eigenvalue weighted by atomic mass is 16.6. The van der Waals surface area contributed by atoms with Crippen LogP contribution in [-0.4, -0.2) is 75.3 Å². The number of hydrogen-bond acceptors (Lipinski definition) is 9. The topological polar surface area (TPSA) is 152 Å². The van der Waals surface area contributed by atoms with Gasteiger partial charge in [0.1, 0.15) is 11.6 Å². The number of hydrogen-bond donors (Lipinski definition) is 5. The third kappa shape index (κ3) is 9.08. The van der Waals surface area contributed by atoms with Crippen molar-refractivity contribution in [3.8, 4) is 0 Å². The van der Waals surface area contributed by atoms with Crippen LogP contribution < -0.4 is 21.7 Å². The summed E-state index contributed by atoms with van der Waals surface area (Å²) in [6.45, 7) is 5.61. The molecule has 6 aliphatic rings. The lowest BCUT2D eigenvalue weighted by Crippen LogP contribution is -2.53. The molecule has 5 fully saturated rings. The number of carboxylic acids is 1. The van der Waals surface area contributed by atoms with Crippen LogP contribution in [0.2, 0.25) is 0 Å². The van der Waals surface area contributed by atoms with Crippen LogP contribution in [0, 0.1) is 29.1 Å². The minimum absolute atomic E-state index is 0.0338. The molecule has 12 nitrogen and oxygen atoms in total. The number of aliphatic carboxylic acids is 1. The summed E-state index contributed by atoms with van der Waals surface area (Å²) in [7, 11) is 0. The van der Waals surface area contributed by atoms with Gasteiger partial charge in [0.15, 0.2) is 5.78 Å². The van der Waals surface area contributed by atoms with E-state index in [-0.39, 0.29) is 42.8 Å². The van der Waals surface area contributed by atoms with Crippen LogP contribution in [0.3, 0.4) is 0 Å². The van der Waals surface area contributed by atoms with E-state index in [1.807, 2.05) is 17.3 Å². The Balaban J connectivity index is 1.13. The van der Waals surface area contributed by atoms with E-state index < -0.39 is 35.2 Å². The number of carbonyl (C=O) groups excluding carboxylic acids is 3. The summed E-state index contributed by atoms with van der Waals surface area (Å²) in [5.74, 6) is 0.781. The van der Waals surface area contributed by atoms with Gasteiger partial charge in [-0.05, 0) is 95.8 Å². The quantitative estimate of drug-likeness (QED) is 0.230. The molecule has 5 N–H and O–H groups in total. The number of ketones is 1. The number of ether oxygens (including phenoxy) is 1. The van der Waals surface area contributed by atoms with E-state index >= 15 is 0 Å². The number of rotatable bonds is 6. The van der Waals surface area contributed by atoms with Gasteiger partial charge in [-0.1, -0.05) is 69.9 Å². The Bertz CT molecular complexity index is 1260. The zero-order chi connectivity index (χ0) is 35.5. The van der Waals surface area contributed by atoms with Crippen molar-refractivity contribution in [2.45, 2.75) is 166 Å². The number of fused-ring (bicyclic) bond motifs is 2. The van der Waals surface area contributed by atoms with Crippen LogP contribution in [0.25, 0.3) is 0 Å². The maximum absolute atomic E-state index is 14.3. The third-order valence-corrected chi connectivity index (χ3v) is 12.5. The van der Waals surface area contributed by atoms with Crippen molar-refractivity contribution in [1.29, 1.82) is 0 Å². The molecule has 1 unspecified atom stereocenters. The molecule has 6 atom stereocenters. The molecular weight excluding hydrogens is 636 g/mol. The molecule has 3 heterocycles. The van der Waals surface area contributed by atoms with Crippen molar-refractivity contribution in [1.82, 2.24) is 31.7 Å². The van der Waals surface area contributed by atoms with Gasteiger partial charge in [0.05, 0.1) is 23.7 Å². The van der Waals surface area contributed by atoms with E-state index in [1.54, 1.807) is 25.7 Å². The van der Waals surface area contributed by atoms with Crippen LogP contribution in [0.4, 0.5) is 4.79 Å². The highest BCUT2D eigenvalue weighted by Crippen LogP contribution is 2.57. The first-order chi connectivity index (χ1) is 23.9. The highest BCUT2D eigenvalue weighted by molar-refractivity contribution is 5.96. The third-order valence-electron chi connectivity index (χ3n) is 12.5. The second-order valence-corrected chi connectivity index (χ2v) is 17.3. The smallest absolute Gasteiger partial charge is 0.408 e. The molecule has 0 aromatic rings. The monoisotopic (exact) mass is 698 g/mol. The van der Waals surface area contributed by atoms with Crippen molar-refractivity contribution in [3.63, 3.8) is 0 Å². The van der Waals surface area contributed by atoms with Gasteiger partial charge in [0.25, 0.3) is 0 Å². The molecule has 0 spiro atoms.